The van der Waals surface area contributed by atoms with E-state index in [1.807, 2.05) is 36.4 Å². The molecule has 0 amide bonds. The highest BCUT2D eigenvalue weighted by atomic mass is 32.2. The van der Waals surface area contributed by atoms with Gasteiger partial charge in [-0.3, -0.25) is 0 Å². The van der Waals surface area contributed by atoms with Crippen LogP contribution in [0.4, 0.5) is 5.82 Å². The van der Waals surface area contributed by atoms with E-state index < -0.39 is 10.0 Å². The van der Waals surface area contributed by atoms with Crippen molar-refractivity contribution in [2.75, 3.05) is 25.0 Å². The second kappa shape index (κ2) is 8.76. The van der Waals surface area contributed by atoms with Crippen molar-refractivity contribution in [2.24, 2.45) is 0 Å². The molecule has 3 aromatic rings. The maximum atomic E-state index is 12.6. The fourth-order valence-electron chi connectivity index (χ4n) is 3.72. The number of sulfonamides is 1. The first kappa shape index (κ1) is 19.6. The van der Waals surface area contributed by atoms with Crippen LogP contribution >= 0.6 is 0 Å². The Morgan fingerprint density at radius 1 is 0.862 bits per heavy atom. The lowest BCUT2D eigenvalue weighted by Crippen LogP contribution is -2.28. The molecule has 1 N–H and O–H groups in total. The van der Waals surface area contributed by atoms with Gasteiger partial charge in [0, 0.05) is 31.7 Å². The number of hydrogen-bond acceptors (Lipinski definition) is 4. The lowest BCUT2D eigenvalue weighted by atomic mass is 9.91. The Bertz CT molecular complexity index is 977. The first-order valence-electron chi connectivity index (χ1n) is 9.94. The molecule has 2 aromatic carbocycles. The van der Waals surface area contributed by atoms with Crippen molar-refractivity contribution in [3.8, 4) is 0 Å². The van der Waals surface area contributed by atoms with Gasteiger partial charge in [-0.25, -0.2) is 13.4 Å². The number of pyridine rings is 1. The molecule has 0 spiro atoms. The number of nitrogens with one attached hydrogen (secondary N) is 1. The largest absolute Gasteiger partial charge is 0.369 e. The van der Waals surface area contributed by atoms with Crippen molar-refractivity contribution in [1.29, 1.82) is 0 Å². The highest BCUT2D eigenvalue weighted by molar-refractivity contribution is 7.89. The Balaban J connectivity index is 1.49. The molecule has 1 aliphatic rings. The fourth-order valence-corrected chi connectivity index (χ4v) is 5.18. The zero-order valence-corrected chi connectivity index (χ0v) is 17.1. The lowest BCUT2D eigenvalue weighted by Gasteiger charge is -2.19. The number of nitrogens with zero attached hydrogens (tertiary/aromatic N) is 2. The van der Waals surface area contributed by atoms with Crippen molar-refractivity contribution in [1.82, 2.24) is 9.29 Å². The minimum absolute atomic E-state index is 0.173. The van der Waals surface area contributed by atoms with E-state index in [2.05, 4.69) is 34.6 Å². The first-order valence-corrected chi connectivity index (χ1v) is 11.4. The molecule has 0 radical (unpaired) electrons. The van der Waals surface area contributed by atoms with Gasteiger partial charge in [0.05, 0.1) is 0 Å². The normalized spacial score (nSPS) is 14.9. The summed E-state index contributed by atoms with van der Waals surface area (Å²) in [5.74, 6) is 0.842. The second-order valence-electron chi connectivity index (χ2n) is 7.25. The molecule has 0 atom stereocenters. The van der Waals surface area contributed by atoms with Gasteiger partial charge in [0.2, 0.25) is 10.0 Å². The lowest BCUT2D eigenvalue weighted by molar-refractivity contribution is 0.477. The maximum absolute atomic E-state index is 12.6. The number of aromatic nitrogens is 1. The Morgan fingerprint density at radius 2 is 1.45 bits per heavy atom. The highest BCUT2D eigenvalue weighted by Gasteiger charge is 2.27. The van der Waals surface area contributed by atoms with E-state index in [0.29, 0.717) is 25.5 Å². The number of anilines is 1. The Hall–Kier alpha value is -2.70. The van der Waals surface area contributed by atoms with Gasteiger partial charge in [-0.1, -0.05) is 60.7 Å². The van der Waals surface area contributed by atoms with Crippen LogP contribution in [-0.2, 0) is 10.0 Å². The molecule has 0 unspecified atom stereocenters. The summed E-state index contributed by atoms with van der Waals surface area (Å²) in [5, 5.41) is 3.37. The molecule has 1 saturated heterocycles. The van der Waals surface area contributed by atoms with Gasteiger partial charge in [0.1, 0.15) is 10.7 Å². The maximum Gasteiger partial charge on any atom is 0.244 e. The van der Waals surface area contributed by atoms with Crippen LogP contribution in [0.1, 0.15) is 29.9 Å². The van der Waals surface area contributed by atoms with Gasteiger partial charge in [0.15, 0.2) is 0 Å². The van der Waals surface area contributed by atoms with Crippen molar-refractivity contribution in [2.45, 2.75) is 23.7 Å². The van der Waals surface area contributed by atoms with Crippen molar-refractivity contribution < 1.29 is 8.42 Å². The first-order chi connectivity index (χ1) is 14.1. The molecule has 2 heterocycles. The van der Waals surface area contributed by atoms with Gasteiger partial charge in [-0.2, -0.15) is 4.31 Å². The van der Waals surface area contributed by atoms with E-state index in [1.165, 1.54) is 21.6 Å². The molecule has 0 bridgehead atoms. The van der Waals surface area contributed by atoms with Gasteiger partial charge in [-0.05, 0) is 36.1 Å². The van der Waals surface area contributed by atoms with E-state index >= 15 is 0 Å². The molecule has 5 nitrogen and oxygen atoms in total. The topological polar surface area (TPSA) is 62.3 Å². The standard InChI is InChI=1S/C23H25N3O2S/c27-29(28,26-15-7-8-16-26)21-13-14-23(24-17-21)25-18-22(19-9-3-1-4-10-19)20-11-5-2-6-12-20/h1-6,9-14,17,22H,7-8,15-16,18H2,(H,24,25). The molecule has 1 aromatic heterocycles. The third-order valence-corrected chi connectivity index (χ3v) is 7.21. The van der Waals surface area contributed by atoms with Crippen LogP contribution in [0.5, 0.6) is 0 Å². The third kappa shape index (κ3) is 4.49. The molecule has 29 heavy (non-hydrogen) atoms. The van der Waals surface area contributed by atoms with Crippen LogP contribution in [0.2, 0.25) is 0 Å². The average Bonchev–Trinajstić information content (AvgIpc) is 3.32. The summed E-state index contributed by atoms with van der Waals surface area (Å²) >= 11 is 0. The van der Waals surface area contributed by atoms with E-state index in [1.54, 1.807) is 12.1 Å². The number of benzene rings is 2. The van der Waals surface area contributed by atoms with Gasteiger partial charge in [-0.15, -0.1) is 0 Å². The van der Waals surface area contributed by atoms with Crippen molar-refractivity contribution >= 4 is 15.8 Å². The minimum Gasteiger partial charge on any atom is -0.369 e. The van der Waals surface area contributed by atoms with Crippen LogP contribution in [0.3, 0.4) is 0 Å². The zero-order chi connectivity index (χ0) is 20.1. The molecular formula is C23H25N3O2S. The Labute approximate surface area is 172 Å². The SMILES string of the molecule is O=S(=O)(c1ccc(NCC(c2ccccc2)c2ccccc2)nc1)N1CCCC1. The molecule has 1 aliphatic heterocycles. The molecule has 1 fully saturated rings. The second-order valence-corrected chi connectivity index (χ2v) is 9.18. The summed E-state index contributed by atoms with van der Waals surface area (Å²) in [4.78, 5) is 4.62. The fraction of sp³-hybridized carbons (Fsp3) is 0.261. The van der Waals surface area contributed by atoms with Crippen LogP contribution < -0.4 is 5.32 Å². The number of hydrogen-bond donors (Lipinski definition) is 1. The zero-order valence-electron chi connectivity index (χ0n) is 16.2. The molecule has 0 aliphatic carbocycles. The third-order valence-electron chi connectivity index (χ3n) is 5.33. The van der Waals surface area contributed by atoms with E-state index in [4.69, 9.17) is 0 Å². The summed E-state index contributed by atoms with van der Waals surface area (Å²) in [6, 6.07) is 24.1. The summed E-state index contributed by atoms with van der Waals surface area (Å²) in [6.45, 7) is 1.86. The van der Waals surface area contributed by atoms with Crippen LogP contribution in [-0.4, -0.2) is 37.3 Å². The molecule has 6 heteroatoms. The number of rotatable bonds is 7. The van der Waals surface area contributed by atoms with E-state index in [-0.39, 0.29) is 10.8 Å². The quantitative estimate of drug-likeness (QED) is 0.640. The van der Waals surface area contributed by atoms with Crippen molar-refractivity contribution in [3.05, 3.63) is 90.1 Å². The summed E-state index contributed by atoms with van der Waals surface area (Å²) in [7, 11) is -3.43. The molecule has 0 saturated carbocycles. The Kier molecular flexibility index (Phi) is 5.92. The average molecular weight is 408 g/mol. The molecule has 150 valence electrons. The molecular weight excluding hydrogens is 382 g/mol. The van der Waals surface area contributed by atoms with Gasteiger partial charge in [0.25, 0.3) is 0 Å². The Morgan fingerprint density at radius 3 is 1.97 bits per heavy atom. The predicted octanol–water partition coefficient (Wildman–Crippen LogP) is 4.11. The molecule has 4 rings (SSSR count). The van der Waals surface area contributed by atoms with Crippen LogP contribution in [0, 0.1) is 0 Å². The van der Waals surface area contributed by atoms with E-state index in [9.17, 15) is 8.42 Å². The summed E-state index contributed by atoms with van der Waals surface area (Å²) < 4.78 is 26.8. The van der Waals surface area contributed by atoms with Gasteiger partial charge >= 0.3 is 0 Å². The summed E-state index contributed by atoms with van der Waals surface area (Å²) in [5.41, 5.74) is 2.44. The van der Waals surface area contributed by atoms with Crippen molar-refractivity contribution in [3.63, 3.8) is 0 Å². The minimum atomic E-state index is -3.43. The smallest absolute Gasteiger partial charge is 0.244 e. The predicted molar refractivity (Wildman–Crippen MR) is 115 cm³/mol. The highest BCUT2D eigenvalue weighted by Crippen LogP contribution is 2.25. The summed E-state index contributed by atoms with van der Waals surface area (Å²) in [6.07, 6.45) is 3.30. The van der Waals surface area contributed by atoms with Gasteiger partial charge < -0.3 is 5.32 Å². The monoisotopic (exact) mass is 407 g/mol. The van der Waals surface area contributed by atoms with Crippen LogP contribution in [0.25, 0.3) is 0 Å². The van der Waals surface area contributed by atoms with Crippen LogP contribution in [0.15, 0.2) is 83.9 Å². The van der Waals surface area contributed by atoms with E-state index in [0.717, 1.165) is 12.8 Å².